The molecule has 2 bridgehead atoms. The van der Waals surface area contributed by atoms with Gasteiger partial charge in [-0.25, -0.2) is 32.4 Å². The van der Waals surface area contributed by atoms with E-state index in [9.17, 15) is 13.2 Å². The van der Waals surface area contributed by atoms with Gasteiger partial charge in [0.15, 0.2) is 11.5 Å². The Balaban J connectivity index is 1.21. The van der Waals surface area contributed by atoms with E-state index in [4.69, 9.17) is 10.5 Å². The van der Waals surface area contributed by atoms with Gasteiger partial charge in [-0.1, -0.05) is 36.4 Å². The number of ether oxygens (including phenoxy) is 1. The van der Waals surface area contributed by atoms with E-state index in [0.29, 0.717) is 36.3 Å². The lowest BCUT2D eigenvalue weighted by molar-refractivity contribution is -0.0108. The fraction of sp³-hybridized carbons (Fsp3) is 0.308. The minimum atomic E-state index is -3.89. The summed E-state index contributed by atoms with van der Waals surface area (Å²) in [4.78, 5) is 22.7. The third-order valence-electron chi connectivity index (χ3n) is 7.27. The first-order valence-electron chi connectivity index (χ1n) is 12.3. The van der Waals surface area contributed by atoms with Crippen LogP contribution in [0.3, 0.4) is 0 Å². The molecular weight excluding hydrogens is 506 g/mol. The lowest BCUT2D eigenvalue weighted by atomic mass is 9.65. The van der Waals surface area contributed by atoms with Gasteiger partial charge in [0, 0.05) is 18.7 Å². The fourth-order valence-electron chi connectivity index (χ4n) is 5.52. The lowest BCUT2D eigenvalue weighted by Crippen LogP contribution is -2.69. The number of carbonyl (C=O) groups is 1. The smallest absolute Gasteiger partial charge is 0.410 e. The summed E-state index contributed by atoms with van der Waals surface area (Å²) in [7, 11) is -3.89. The van der Waals surface area contributed by atoms with Crippen LogP contribution >= 0.6 is 0 Å². The third kappa shape index (κ3) is 4.35. The molecule has 7 rings (SSSR count). The molecule has 12 heteroatoms. The van der Waals surface area contributed by atoms with Crippen LogP contribution in [0.25, 0.3) is 16.9 Å². The van der Waals surface area contributed by atoms with Crippen molar-refractivity contribution in [2.75, 3.05) is 18.8 Å². The average molecular weight is 534 g/mol. The lowest BCUT2D eigenvalue weighted by Gasteiger charge is -2.55. The van der Waals surface area contributed by atoms with Gasteiger partial charge in [0.25, 0.3) is 0 Å². The number of sulfonamides is 1. The van der Waals surface area contributed by atoms with Crippen LogP contribution in [0.15, 0.2) is 66.0 Å². The minimum absolute atomic E-state index is 0.122. The topological polar surface area (TPSA) is 145 Å². The Hall–Kier alpha value is -4.03. The highest BCUT2D eigenvalue weighted by Gasteiger charge is 2.53. The van der Waals surface area contributed by atoms with E-state index in [2.05, 4.69) is 19.8 Å². The molecule has 4 aromatic rings. The van der Waals surface area contributed by atoms with Crippen LogP contribution in [0, 0.1) is 12.8 Å². The van der Waals surface area contributed by atoms with Crippen LogP contribution < -0.4 is 10.5 Å². The molecule has 3 fully saturated rings. The number of anilines is 1. The Morgan fingerprint density at radius 3 is 2.76 bits per heavy atom. The summed E-state index contributed by atoms with van der Waals surface area (Å²) in [5.41, 5.74) is 8.61. The number of nitrogens with one attached hydrogen (secondary N) is 1. The molecule has 0 atom stereocenters. The molecule has 0 unspecified atom stereocenters. The molecule has 3 aliphatic rings. The number of aromatic nitrogens is 4. The third-order valence-corrected chi connectivity index (χ3v) is 8.85. The number of piperidine rings is 2. The number of hydrogen-bond acceptors (Lipinski definition) is 8. The Kier molecular flexibility index (Phi) is 5.80. The number of nitrogens with zero attached hydrogens (tertiary/aromatic N) is 5. The van der Waals surface area contributed by atoms with E-state index in [1.54, 1.807) is 33.8 Å². The quantitative estimate of drug-likeness (QED) is 0.385. The van der Waals surface area contributed by atoms with Gasteiger partial charge in [-0.05, 0) is 48.9 Å². The van der Waals surface area contributed by atoms with Crippen LogP contribution in [-0.4, -0.2) is 57.6 Å². The van der Waals surface area contributed by atoms with Crippen LogP contribution in [0.1, 0.15) is 24.0 Å². The van der Waals surface area contributed by atoms with Crippen molar-refractivity contribution in [1.82, 2.24) is 29.2 Å². The molecule has 4 heterocycles. The molecule has 11 nitrogen and oxygen atoms in total. The zero-order valence-corrected chi connectivity index (χ0v) is 21.6. The Morgan fingerprint density at radius 1 is 1.18 bits per heavy atom. The number of fused-ring (bicyclic) bond motifs is 3. The van der Waals surface area contributed by atoms with Crippen molar-refractivity contribution in [3.63, 3.8) is 0 Å². The van der Waals surface area contributed by atoms with E-state index in [0.717, 1.165) is 11.1 Å². The SMILES string of the molecule is Cc1ccc(S(=O)(=O)NC23CC(CN(C(=O)OCc4ccccc4)C2)C3)cc1-c1cnc2c(N)ncnn12. The molecule has 196 valence electrons. The van der Waals surface area contributed by atoms with Crippen molar-refractivity contribution in [3.8, 4) is 11.3 Å². The largest absolute Gasteiger partial charge is 0.445 e. The van der Waals surface area contributed by atoms with Gasteiger partial charge >= 0.3 is 6.09 Å². The molecule has 38 heavy (non-hydrogen) atoms. The van der Waals surface area contributed by atoms with Gasteiger partial charge in [-0.3, -0.25) is 0 Å². The number of aryl methyl sites for hydroxylation is 1. The Labute approximate surface area is 219 Å². The predicted molar refractivity (Wildman–Crippen MR) is 139 cm³/mol. The van der Waals surface area contributed by atoms with Crippen molar-refractivity contribution >= 4 is 27.6 Å². The normalized spacial score (nSPS) is 20.8. The second kappa shape index (κ2) is 9.07. The molecule has 3 N–H and O–H groups in total. The summed E-state index contributed by atoms with van der Waals surface area (Å²) in [6.45, 7) is 2.88. The highest BCUT2D eigenvalue weighted by molar-refractivity contribution is 7.89. The van der Waals surface area contributed by atoms with Crippen LogP contribution in [0.4, 0.5) is 10.6 Å². The summed E-state index contributed by atoms with van der Waals surface area (Å²) >= 11 is 0. The molecular formula is C26H27N7O4S. The van der Waals surface area contributed by atoms with E-state index < -0.39 is 21.7 Å². The van der Waals surface area contributed by atoms with Gasteiger partial charge in [-0.2, -0.15) is 5.10 Å². The molecule has 0 radical (unpaired) electrons. The molecule has 2 aromatic carbocycles. The fourth-order valence-corrected chi connectivity index (χ4v) is 6.96. The molecule has 2 aromatic heterocycles. The number of nitrogen functional groups attached to an aromatic ring is 1. The van der Waals surface area contributed by atoms with Gasteiger partial charge in [0.2, 0.25) is 10.0 Å². The monoisotopic (exact) mass is 533 g/mol. The minimum Gasteiger partial charge on any atom is -0.445 e. The van der Waals surface area contributed by atoms with E-state index in [1.165, 1.54) is 6.33 Å². The molecule has 1 amide bonds. The van der Waals surface area contributed by atoms with Crippen molar-refractivity contribution in [2.24, 2.45) is 5.92 Å². The molecule has 0 spiro atoms. The summed E-state index contributed by atoms with van der Waals surface area (Å²) in [5, 5.41) is 4.23. The number of rotatable bonds is 6. The van der Waals surface area contributed by atoms with E-state index in [1.807, 2.05) is 37.3 Å². The number of carbonyl (C=O) groups excluding carboxylic acids is 1. The van der Waals surface area contributed by atoms with Crippen LogP contribution in [-0.2, 0) is 21.4 Å². The van der Waals surface area contributed by atoms with Crippen molar-refractivity contribution in [2.45, 2.75) is 36.8 Å². The second-order valence-electron chi connectivity index (χ2n) is 10.1. The molecule has 2 saturated heterocycles. The number of amides is 1. The Bertz CT molecular complexity index is 1630. The maximum absolute atomic E-state index is 13.6. The van der Waals surface area contributed by atoms with Crippen LogP contribution in [0.2, 0.25) is 0 Å². The molecule has 1 aliphatic carbocycles. The maximum Gasteiger partial charge on any atom is 0.410 e. The van der Waals surface area contributed by atoms with E-state index in [-0.39, 0.29) is 29.8 Å². The standard InChI is InChI=1S/C26H27N7O4S/c1-17-7-8-20(9-21(17)22-12-28-24-23(27)29-16-30-33(22)24)38(35,36)31-26-10-19(11-26)13-32(15-26)25(34)37-14-18-5-3-2-4-6-18/h2-9,12,16,19,31H,10-11,13-15H2,1H3,(H2,27,29,30). The average Bonchev–Trinajstić information content (AvgIpc) is 3.32. The predicted octanol–water partition coefficient (Wildman–Crippen LogP) is 2.76. The van der Waals surface area contributed by atoms with Gasteiger partial charge in [0.05, 0.1) is 22.3 Å². The number of imidazole rings is 1. The van der Waals surface area contributed by atoms with Gasteiger partial charge in [-0.15, -0.1) is 0 Å². The summed E-state index contributed by atoms with van der Waals surface area (Å²) in [6, 6.07) is 14.4. The number of hydrogen-bond donors (Lipinski definition) is 2. The summed E-state index contributed by atoms with van der Waals surface area (Å²) in [5.74, 6) is 0.463. The van der Waals surface area contributed by atoms with Crippen LogP contribution in [0.5, 0.6) is 0 Å². The number of nitrogens with two attached hydrogens (primary N) is 1. The first-order chi connectivity index (χ1) is 18.2. The zero-order chi connectivity index (χ0) is 26.5. The summed E-state index contributed by atoms with van der Waals surface area (Å²) < 4.78 is 37.1. The highest BCUT2D eigenvalue weighted by Crippen LogP contribution is 2.44. The first-order valence-corrected chi connectivity index (χ1v) is 13.8. The molecule has 1 saturated carbocycles. The Morgan fingerprint density at radius 2 is 1.97 bits per heavy atom. The second-order valence-corrected chi connectivity index (χ2v) is 11.8. The van der Waals surface area contributed by atoms with Gasteiger partial charge in [0.1, 0.15) is 12.9 Å². The van der Waals surface area contributed by atoms with Gasteiger partial charge < -0.3 is 15.4 Å². The van der Waals surface area contributed by atoms with Crippen molar-refractivity contribution in [3.05, 3.63) is 72.2 Å². The van der Waals surface area contributed by atoms with Crippen molar-refractivity contribution in [1.29, 1.82) is 0 Å². The van der Waals surface area contributed by atoms with Crippen molar-refractivity contribution < 1.29 is 17.9 Å². The zero-order valence-electron chi connectivity index (χ0n) is 20.7. The maximum atomic E-state index is 13.6. The highest BCUT2D eigenvalue weighted by atomic mass is 32.2. The molecule has 2 aliphatic heterocycles. The number of benzene rings is 2. The first kappa shape index (κ1) is 24.3. The van der Waals surface area contributed by atoms with E-state index >= 15 is 0 Å². The summed E-state index contributed by atoms with van der Waals surface area (Å²) in [6.07, 6.45) is 3.85.